The number of halogens is 1. The predicted octanol–water partition coefficient (Wildman–Crippen LogP) is 2.82. The second kappa shape index (κ2) is 4.49. The molecule has 1 aromatic carbocycles. The molecule has 0 aromatic heterocycles. The van der Waals surface area contributed by atoms with Crippen molar-refractivity contribution in [2.45, 2.75) is 12.8 Å². The molecule has 1 N–H and O–H groups in total. The van der Waals surface area contributed by atoms with Gasteiger partial charge in [-0.15, -0.1) is 11.6 Å². The average molecular weight is 222 g/mol. The van der Waals surface area contributed by atoms with E-state index in [1.165, 1.54) is 0 Å². The summed E-state index contributed by atoms with van der Waals surface area (Å²) in [6, 6.07) is 5.95. The molecule has 0 spiro atoms. The Morgan fingerprint density at radius 3 is 3.13 bits per heavy atom. The van der Waals surface area contributed by atoms with E-state index in [9.17, 15) is 4.79 Å². The van der Waals surface area contributed by atoms with Crippen LogP contribution in [0.4, 0.5) is 5.69 Å². The van der Waals surface area contributed by atoms with Gasteiger partial charge < -0.3 is 5.32 Å². The summed E-state index contributed by atoms with van der Waals surface area (Å²) >= 11 is 5.59. The third-order valence-corrected chi connectivity index (χ3v) is 2.59. The summed E-state index contributed by atoms with van der Waals surface area (Å²) in [5, 5.41) is 2.87. The number of rotatable bonds is 3. The maximum Gasteiger partial charge on any atom is 0.228 e. The molecule has 1 amide bonds. The molecular weight excluding hydrogens is 210 g/mol. The van der Waals surface area contributed by atoms with Crippen LogP contribution < -0.4 is 5.32 Å². The smallest absolute Gasteiger partial charge is 0.228 e. The molecule has 0 atom stereocenters. The number of benzene rings is 1. The minimum Gasteiger partial charge on any atom is -0.325 e. The molecule has 2 rings (SSSR count). The van der Waals surface area contributed by atoms with Crippen LogP contribution in [-0.2, 0) is 11.2 Å². The summed E-state index contributed by atoms with van der Waals surface area (Å²) in [4.78, 5) is 11.2. The summed E-state index contributed by atoms with van der Waals surface area (Å²) in [6.45, 7) is 0. The Morgan fingerprint density at radius 2 is 2.33 bits per heavy atom. The highest BCUT2D eigenvalue weighted by Gasteiger charge is 2.18. The Hall–Kier alpha value is -1.28. The van der Waals surface area contributed by atoms with Crippen LogP contribution in [0.2, 0.25) is 0 Å². The van der Waals surface area contributed by atoms with Crippen LogP contribution in [0.3, 0.4) is 0 Å². The maximum absolute atomic E-state index is 11.2. The third-order valence-electron chi connectivity index (χ3n) is 2.37. The van der Waals surface area contributed by atoms with E-state index < -0.39 is 0 Å². The molecule has 0 aliphatic carbocycles. The van der Waals surface area contributed by atoms with E-state index in [0.29, 0.717) is 12.3 Å². The fourth-order valence-corrected chi connectivity index (χ4v) is 1.81. The van der Waals surface area contributed by atoms with Gasteiger partial charge in [0.05, 0.1) is 12.1 Å². The first-order chi connectivity index (χ1) is 7.31. The molecule has 0 saturated heterocycles. The molecule has 1 aliphatic heterocycles. The Labute approximate surface area is 93.9 Å². The fraction of sp³-hybridized carbons (Fsp3) is 0.250. The van der Waals surface area contributed by atoms with E-state index >= 15 is 0 Å². The highest BCUT2D eigenvalue weighted by molar-refractivity contribution is 6.17. The Kier molecular flexibility index (Phi) is 3.07. The van der Waals surface area contributed by atoms with Gasteiger partial charge in [-0.25, -0.2) is 0 Å². The van der Waals surface area contributed by atoms with Crippen molar-refractivity contribution in [3.63, 3.8) is 0 Å². The maximum atomic E-state index is 11.2. The zero-order valence-corrected chi connectivity index (χ0v) is 9.05. The first-order valence-electron chi connectivity index (χ1n) is 4.95. The zero-order chi connectivity index (χ0) is 10.7. The Bertz CT molecular complexity index is 412. The van der Waals surface area contributed by atoms with Crippen molar-refractivity contribution in [3.8, 4) is 0 Å². The van der Waals surface area contributed by atoms with E-state index in [1.807, 2.05) is 30.4 Å². The normalized spacial score (nSPS) is 14.3. The predicted molar refractivity (Wildman–Crippen MR) is 63.1 cm³/mol. The molecule has 0 bridgehead atoms. The number of alkyl halides is 1. The number of para-hydroxylation sites is 1. The molecule has 2 nitrogen and oxygen atoms in total. The van der Waals surface area contributed by atoms with Crippen molar-refractivity contribution in [2.75, 3.05) is 11.2 Å². The lowest BCUT2D eigenvalue weighted by Crippen LogP contribution is -2.04. The molecule has 0 unspecified atom stereocenters. The number of anilines is 1. The topological polar surface area (TPSA) is 29.1 Å². The summed E-state index contributed by atoms with van der Waals surface area (Å²) < 4.78 is 0. The van der Waals surface area contributed by atoms with Gasteiger partial charge in [-0.2, -0.15) is 0 Å². The number of carbonyl (C=O) groups excluding carboxylic acids is 1. The van der Waals surface area contributed by atoms with Gasteiger partial charge in [0.25, 0.3) is 0 Å². The molecule has 0 saturated carbocycles. The molecular formula is C12H12ClNO. The second-order valence-corrected chi connectivity index (χ2v) is 3.86. The van der Waals surface area contributed by atoms with Gasteiger partial charge in [-0.3, -0.25) is 4.79 Å². The van der Waals surface area contributed by atoms with Crippen LogP contribution in [0.25, 0.3) is 6.08 Å². The van der Waals surface area contributed by atoms with Crippen molar-refractivity contribution >= 4 is 29.3 Å². The van der Waals surface area contributed by atoms with E-state index in [2.05, 4.69) is 5.32 Å². The van der Waals surface area contributed by atoms with Gasteiger partial charge in [0.1, 0.15) is 0 Å². The number of fused-ring (bicyclic) bond motifs is 1. The number of hydrogen-bond donors (Lipinski definition) is 1. The molecule has 0 fully saturated rings. The molecule has 15 heavy (non-hydrogen) atoms. The van der Waals surface area contributed by atoms with Crippen molar-refractivity contribution in [1.29, 1.82) is 0 Å². The highest BCUT2D eigenvalue weighted by atomic mass is 35.5. The summed E-state index contributed by atoms with van der Waals surface area (Å²) in [6.07, 6.45) is 5.37. The zero-order valence-electron chi connectivity index (χ0n) is 8.29. The quantitative estimate of drug-likeness (QED) is 0.782. The average Bonchev–Trinajstić information content (AvgIpc) is 2.59. The highest BCUT2D eigenvalue weighted by Crippen LogP contribution is 2.27. The lowest BCUT2D eigenvalue weighted by atomic mass is 10.1. The van der Waals surface area contributed by atoms with E-state index in [4.69, 9.17) is 11.6 Å². The van der Waals surface area contributed by atoms with Crippen LogP contribution in [-0.4, -0.2) is 11.8 Å². The first-order valence-corrected chi connectivity index (χ1v) is 5.49. The van der Waals surface area contributed by atoms with Gasteiger partial charge in [0.2, 0.25) is 5.91 Å². The Balaban J connectivity index is 2.26. The van der Waals surface area contributed by atoms with E-state index in [0.717, 1.165) is 23.2 Å². The minimum atomic E-state index is 0.0724. The monoisotopic (exact) mass is 221 g/mol. The van der Waals surface area contributed by atoms with Crippen molar-refractivity contribution < 1.29 is 4.79 Å². The SMILES string of the molecule is O=C1Cc2cccc(C=CCCCl)c2N1. The minimum absolute atomic E-state index is 0.0724. The number of carbonyl (C=O) groups is 1. The molecule has 3 heteroatoms. The van der Waals surface area contributed by atoms with Gasteiger partial charge >= 0.3 is 0 Å². The standard InChI is InChI=1S/C12H12ClNO/c13-7-2-1-4-9-5-3-6-10-8-11(15)14-12(9)10/h1,3-6H,2,7-8H2,(H,14,15). The lowest BCUT2D eigenvalue weighted by molar-refractivity contribution is -0.115. The van der Waals surface area contributed by atoms with Gasteiger partial charge in [0, 0.05) is 5.88 Å². The molecule has 0 radical (unpaired) electrons. The van der Waals surface area contributed by atoms with Crippen LogP contribution in [0.5, 0.6) is 0 Å². The first kappa shape index (κ1) is 10.2. The largest absolute Gasteiger partial charge is 0.325 e. The lowest BCUT2D eigenvalue weighted by Gasteiger charge is -2.02. The number of amides is 1. The number of nitrogens with one attached hydrogen (secondary N) is 1. The Morgan fingerprint density at radius 1 is 1.47 bits per heavy atom. The van der Waals surface area contributed by atoms with Crippen LogP contribution in [0.1, 0.15) is 17.5 Å². The molecule has 78 valence electrons. The van der Waals surface area contributed by atoms with Gasteiger partial charge in [-0.05, 0) is 17.5 Å². The van der Waals surface area contributed by atoms with Crippen molar-refractivity contribution in [3.05, 3.63) is 35.4 Å². The van der Waals surface area contributed by atoms with Gasteiger partial charge in [0.15, 0.2) is 0 Å². The summed E-state index contributed by atoms with van der Waals surface area (Å²) in [7, 11) is 0. The fourth-order valence-electron chi connectivity index (χ4n) is 1.69. The molecule has 1 aromatic rings. The van der Waals surface area contributed by atoms with E-state index in [-0.39, 0.29) is 5.91 Å². The van der Waals surface area contributed by atoms with Crippen LogP contribution >= 0.6 is 11.6 Å². The van der Waals surface area contributed by atoms with Crippen molar-refractivity contribution in [2.24, 2.45) is 0 Å². The number of allylic oxidation sites excluding steroid dienone is 1. The van der Waals surface area contributed by atoms with Crippen LogP contribution in [0, 0.1) is 0 Å². The molecule has 1 heterocycles. The second-order valence-electron chi connectivity index (χ2n) is 3.49. The van der Waals surface area contributed by atoms with Crippen LogP contribution in [0.15, 0.2) is 24.3 Å². The molecule has 1 aliphatic rings. The third kappa shape index (κ3) is 2.21. The number of hydrogen-bond acceptors (Lipinski definition) is 1. The summed E-state index contributed by atoms with van der Waals surface area (Å²) in [5.74, 6) is 0.695. The summed E-state index contributed by atoms with van der Waals surface area (Å²) in [5.41, 5.74) is 3.09. The van der Waals surface area contributed by atoms with Gasteiger partial charge in [-0.1, -0.05) is 30.4 Å². The van der Waals surface area contributed by atoms with Crippen molar-refractivity contribution in [1.82, 2.24) is 0 Å². The van der Waals surface area contributed by atoms with E-state index in [1.54, 1.807) is 0 Å².